The highest BCUT2D eigenvalue weighted by atomic mass is 19.3. The molecule has 0 bridgehead atoms. The predicted octanol–water partition coefficient (Wildman–Crippen LogP) is 2.59. The van der Waals surface area contributed by atoms with Crippen LogP contribution in [0.3, 0.4) is 0 Å². The van der Waals surface area contributed by atoms with Crippen molar-refractivity contribution < 1.29 is 37.4 Å². The second-order valence-corrected chi connectivity index (χ2v) is 5.92. The van der Waals surface area contributed by atoms with Gasteiger partial charge in [0.15, 0.2) is 0 Å². The number of hydrogen-bond acceptors (Lipinski definition) is 6. The molecule has 0 aliphatic heterocycles. The van der Waals surface area contributed by atoms with Crippen molar-refractivity contribution in [1.29, 1.82) is 0 Å². The molecule has 0 aliphatic carbocycles. The highest BCUT2D eigenvalue weighted by Crippen LogP contribution is 2.25. The molecule has 1 rings (SSSR count). The maximum absolute atomic E-state index is 13.6. The van der Waals surface area contributed by atoms with Gasteiger partial charge in [0.2, 0.25) is 11.4 Å². The molecule has 0 atom stereocenters. The van der Waals surface area contributed by atoms with Gasteiger partial charge in [-0.15, -0.1) is 0 Å². The van der Waals surface area contributed by atoms with Crippen molar-refractivity contribution in [2.24, 2.45) is 0 Å². The number of esters is 2. The smallest absolute Gasteiger partial charge is 0.344 e. The average Bonchev–Trinajstić information content (AvgIpc) is 2.70. The summed E-state index contributed by atoms with van der Waals surface area (Å²) in [5.74, 6) is 2.11. The predicted molar refractivity (Wildman–Crippen MR) is 104 cm³/mol. The van der Waals surface area contributed by atoms with Crippen LogP contribution in [0.15, 0.2) is 35.9 Å². The molecular weight excluding hydrogens is 400 g/mol. The van der Waals surface area contributed by atoms with Gasteiger partial charge in [0, 0.05) is 18.9 Å². The first kappa shape index (κ1) is 24.6. The Kier molecular flexibility index (Phi) is 9.49. The maximum Gasteiger partial charge on any atom is 0.344 e. The van der Waals surface area contributed by atoms with E-state index in [4.69, 9.17) is 14.2 Å². The van der Waals surface area contributed by atoms with Crippen molar-refractivity contribution >= 4 is 17.8 Å². The van der Waals surface area contributed by atoms with E-state index in [1.807, 2.05) is 0 Å². The van der Waals surface area contributed by atoms with Crippen LogP contribution in [0.2, 0.25) is 0 Å². The summed E-state index contributed by atoms with van der Waals surface area (Å²) in [6.07, 6.45) is -3.14. The molecule has 9 heteroatoms. The van der Waals surface area contributed by atoms with Gasteiger partial charge in [0.05, 0.1) is 25.9 Å². The average molecular weight is 423 g/mol. The van der Waals surface area contributed by atoms with Crippen molar-refractivity contribution in [3.05, 3.63) is 41.5 Å². The van der Waals surface area contributed by atoms with Crippen LogP contribution in [-0.2, 0) is 23.9 Å². The third-order valence-corrected chi connectivity index (χ3v) is 3.76. The second-order valence-electron chi connectivity index (χ2n) is 5.92. The van der Waals surface area contributed by atoms with Crippen molar-refractivity contribution in [2.75, 3.05) is 20.3 Å². The number of amides is 1. The van der Waals surface area contributed by atoms with Gasteiger partial charge in [0.25, 0.3) is 6.08 Å². The standard InChI is InChI=1S/C21H23F2NO6/c1-5-29-19(26)21(24-14(3)25,20(27)30-6-2)13-16(18(22)23)10-7-15-8-11-17(28-4)12-9-15/h8-9,11-12H,5-6,13H2,1-4H3,(H,24,25). The van der Waals surface area contributed by atoms with Crippen LogP contribution in [0.1, 0.15) is 32.8 Å². The summed E-state index contributed by atoms with van der Waals surface area (Å²) in [4.78, 5) is 36.8. The summed E-state index contributed by atoms with van der Waals surface area (Å²) in [5, 5.41) is 2.12. The highest BCUT2D eigenvalue weighted by molar-refractivity contribution is 6.08. The van der Waals surface area contributed by atoms with Crippen LogP contribution >= 0.6 is 0 Å². The minimum atomic E-state index is -2.49. The summed E-state index contributed by atoms with van der Waals surface area (Å²) in [6, 6.07) is 6.30. The zero-order chi connectivity index (χ0) is 22.7. The molecule has 30 heavy (non-hydrogen) atoms. The van der Waals surface area contributed by atoms with Gasteiger partial charge in [-0.25, -0.2) is 9.59 Å². The zero-order valence-corrected chi connectivity index (χ0v) is 17.1. The van der Waals surface area contributed by atoms with Crippen molar-refractivity contribution in [1.82, 2.24) is 5.32 Å². The van der Waals surface area contributed by atoms with Crippen molar-refractivity contribution in [3.8, 4) is 17.6 Å². The first-order valence-corrected chi connectivity index (χ1v) is 9.03. The summed E-state index contributed by atoms with van der Waals surface area (Å²) >= 11 is 0. The Labute approximate surface area is 173 Å². The Morgan fingerprint density at radius 3 is 1.97 bits per heavy atom. The summed E-state index contributed by atoms with van der Waals surface area (Å²) in [5.41, 5.74) is -2.92. The molecule has 7 nitrogen and oxygen atoms in total. The molecule has 0 saturated heterocycles. The molecule has 1 N–H and O–H groups in total. The van der Waals surface area contributed by atoms with E-state index in [2.05, 4.69) is 17.2 Å². The first-order chi connectivity index (χ1) is 14.2. The van der Waals surface area contributed by atoms with Crippen molar-refractivity contribution in [2.45, 2.75) is 32.7 Å². The molecular formula is C21H23F2NO6. The molecule has 0 heterocycles. The van der Waals surface area contributed by atoms with Gasteiger partial charge in [-0.1, -0.05) is 11.8 Å². The van der Waals surface area contributed by atoms with Crippen LogP contribution in [0.5, 0.6) is 5.75 Å². The molecule has 162 valence electrons. The van der Waals surface area contributed by atoms with Crippen molar-refractivity contribution in [3.63, 3.8) is 0 Å². The van der Waals surface area contributed by atoms with E-state index >= 15 is 0 Å². The van der Waals surface area contributed by atoms with E-state index in [9.17, 15) is 23.2 Å². The maximum atomic E-state index is 13.6. The number of ether oxygens (including phenoxy) is 3. The van der Waals surface area contributed by atoms with Crippen LogP contribution in [0, 0.1) is 11.8 Å². The molecule has 0 spiro atoms. The third-order valence-electron chi connectivity index (χ3n) is 3.76. The molecule has 1 amide bonds. The fourth-order valence-corrected chi connectivity index (χ4v) is 2.43. The van der Waals surface area contributed by atoms with Crippen LogP contribution in [0.25, 0.3) is 0 Å². The fraction of sp³-hybridized carbons (Fsp3) is 0.381. The molecule has 0 aliphatic rings. The lowest BCUT2D eigenvalue weighted by Crippen LogP contribution is -2.61. The Balaban J connectivity index is 3.41. The van der Waals surface area contributed by atoms with Crippen LogP contribution in [-0.4, -0.2) is 43.7 Å². The number of halogens is 2. The lowest BCUT2D eigenvalue weighted by Gasteiger charge is -2.29. The van der Waals surface area contributed by atoms with E-state index in [0.717, 1.165) is 6.92 Å². The SMILES string of the molecule is CCOC(=O)C(CC(C#Cc1ccc(OC)cc1)=C(F)F)(NC(C)=O)C(=O)OCC. The van der Waals surface area contributed by atoms with E-state index in [-0.39, 0.29) is 13.2 Å². The van der Waals surface area contributed by atoms with Crippen LogP contribution in [0.4, 0.5) is 8.78 Å². The summed E-state index contributed by atoms with van der Waals surface area (Å²) < 4.78 is 42.0. The second kappa shape index (κ2) is 11.6. The summed E-state index contributed by atoms with van der Waals surface area (Å²) in [6.45, 7) is 3.68. The number of carbonyl (C=O) groups excluding carboxylic acids is 3. The third kappa shape index (κ3) is 6.58. The van der Waals surface area contributed by atoms with Gasteiger partial charge >= 0.3 is 11.9 Å². The molecule has 0 fully saturated rings. The molecule has 0 unspecified atom stereocenters. The van der Waals surface area contributed by atoms with Crippen LogP contribution < -0.4 is 10.1 Å². The molecule has 1 aromatic rings. The Hall–Kier alpha value is -3.41. The molecule has 0 radical (unpaired) electrons. The van der Waals surface area contributed by atoms with E-state index in [1.165, 1.54) is 21.0 Å². The highest BCUT2D eigenvalue weighted by Gasteiger charge is 2.51. The largest absolute Gasteiger partial charge is 0.497 e. The Morgan fingerprint density at radius 1 is 1.03 bits per heavy atom. The zero-order valence-electron chi connectivity index (χ0n) is 17.1. The lowest BCUT2D eigenvalue weighted by molar-refractivity contribution is -0.167. The lowest BCUT2D eigenvalue weighted by atomic mass is 9.90. The van der Waals surface area contributed by atoms with Gasteiger partial charge in [-0.05, 0) is 38.1 Å². The van der Waals surface area contributed by atoms with E-state index < -0.39 is 41.5 Å². The monoisotopic (exact) mass is 423 g/mol. The number of rotatable bonds is 8. The molecule has 0 aromatic heterocycles. The minimum absolute atomic E-state index is 0.145. The number of methoxy groups -OCH3 is 1. The minimum Gasteiger partial charge on any atom is -0.497 e. The number of nitrogens with one attached hydrogen (secondary N) is 1. The normalized spacial score (nSPS) is 10.2. The fourth-order valence-electron chi connectivity index (χ4n) is 2.43. The topological polar surface area (TPSA) is 90.9 Å². The first-order valence-electron chi connectivity index (χ1n) is 9.03. The molecule has 0 saturated carbocycles. The van der Waals surface area contributed by atoms with Gasteiger partial charge in [-0.3, -0.25) is 4.79 Å². The van der Waals surface area contributed by atoms with Gasteiger partial charge in [0.1, 0.15) is 5.75 Å². The van der Waals surface area contributed by atoms with Gasteiger partial charge in [-0.2, -0.15) is 8.78 Å². The Bertz CT molecular complexity index is 846. The summed E-state index contributed by atoms with van der Waals surface area (Å²) in [7, 11) is 1.48. The van der Waals surface area contributed by atoms with Gasteiger partial charge < -0.3 is 19.5 Å². The molecule has 1 aromatic carbocycles. The van der Waals surface area contributed by atoms with E-state index in [1.54, 1.807) is 24.3 Å². The Morgan fingerprint density at radius 2 is 1.57 bits per heavy atom. The quantitative estimate of drug-likeness (QED) is 0.393. The number of hydrogen-bond donors (Lipinski definition) is 1. The number of benzene rings is 1. The number of carbonyl (C=O) groups is 3. The van der Waals surface area contributed by atoms with E-state index in [0.29, 0.717) is 11.3 Å².